The predicted molar refractivity (Wildman–Crippen MR) is 63.3 cm³/mol. The molecule has 3 nitrogen and oxygen atoms in total. The molecule has 0 bridgehead atoms. The van der Waals surface area contributed by atoms with Gasteiger partial charge < -0.3 is 4.74 Å². The van der Waals surface area contributed by atoms with Crippen LogP contribution in [0.2, 0.25) is 0 Å². The quantitative estimate of drug-likeness (QED) is 0.416. The number of hydrogen-bond acceptors (Lipinski definition) is 3. The molecule has 15 heavy (non-hydrogen) atoms. The monoisotopic (exact) mass is 212 g/mol. The van der Waals surface area contributed by atoms with Crippen LogP contribution < -0.4 is 11.3 Å². The third kappa shape index (κ3) is 2.80. The molecule has 1 fully saturated rings. The largest absolute Gasteiger partial charge is 0.373 e. The van der Waals surface area contributed by atoms with Crippen molar-refractivity contribution in [3.05, 3.63) is 12.7 Å². The van der Waals surface area contributed by atoms with Gasteiger partial charge in [0.15, 0.2) is 0 Å². The van der Waals surface area contributed by atoms with Gasteiger partial charge >= 0.3 is 0 Å². The van der Waals surface area contributed by atoms with Gasteiger partial charge in [0.05, 0.1) is 11.6 Å². The van der Waals surface area contributed by atoms with E-state index in [2.05, 4.69) is 18.9 Å². The molecule has 1 rings (SSSR count). The molecular formula is C12H24N2O. The van der Waals surface area contributed by atoms with Crippen LogP contribution in [0.1, 0.15) is 39.5 Å². The second-order valence-electron chi connectivity index (χ2n) is 4.56. The summed E-state index contributed by atoms with van der Waals surface area (Å²) in [7, 11) is 0. The second-order valence-corrected chi connectivity index (χ2v) is 4.56. The number of hydrogen-bond donors (Lipinski definition) is 2. The molecule has 88 valence electrons. The maximum absolute atomic E-state index is 5.95. The summed E-state index contributed by atoms with van der Waals surface area (Å²) in [6, 6.07) is 0.0601. The predicted octanol–water partition coefficient (Wildman–Crippen LogP) is 1.99. The molecule has 0 radical (unpaired) electrons. The maximum atomic E-state index is 5.95. The van der Waals surface area contributed by atoms with E-state index in [9.17, 15) is 0 Å². The average Bonchev–Trinajstić information content (AvgIpc) is 2.24. The summed E-state index contributed by atoms with van der Waals surface area (Å²) in [4.78, 5) is 0. The summed E-state index contributed by atoms with van der Waals surface area (Å²) in [5.74, 6) is 6.37. The van der Waals surface area contributed by atoms with Crippen molar-refractivity contribution in [3.63, 3.8) is 0 Å². The van der Waals surface area contributed by atoms with E-state index in [-0.39, 0.29) is 11.6 Å². The van der Waals surface area contributed by atoms with Gasteiger partial charge in [-0.05, 0) is 38.5 Å². The molecule has 1 unspecified atom stereocenters. The summed E-state index contributed by atoms with van der Waals surface area (Å²) in [6.45, 7) is 8.91. The van der Waals surface area contributed by atoms with Crippen LogP contribution in [0.5, 0.6) is 0 Å². The highest BCUT2D eigenvalue weighted by Crippen LogP contribution is 2.37. The Hall–Kier alpha value is -0.380. The fourth-order valence-corrected chi connectivity index (χ4v) is 2.52. The molecule has 0 spiro atoms. The van der Waals surface area contributed by atoms with Crippen molar-refractivity contribution in [2.75, 3.05) is 6.61 Å². The van der Waals surface area contributed by atoms with Gasteiger partial charge in [0.2, 0.25) is 0 Å². The van der Waals surface area contributed by atoms with Crippen LogP contribution in [0.4, 0.5) is 0 Å². The first-order valence-electron chi connectivity index (χ1n) is 5.91. The van der Waals surface area contributed by atoms with Crippen molar-refractivity contribution in [2.24, 2.45) is 11.8 Å². The van der Waals surface area contributed by atoms with Gasteiger partial charge in [-0.15, -0.1) is 6.58 Å². The van der Waals surface area contributed by atoms with Gasteiger partial charge in [-0.25, -0.2) is 0 Å². The smallest absolute Gasteiger partial charge is 0.0883 e. The Balaban J connectivity index is 2.73. The SMILES string of the molecule is C=CC(NN)C1(OCC)CCC(C)CC1. The van der Waals surface area contributed by atoms with Crippen LogP contribution in [-0.4, -0.2) is 18.2 Å². The van der Waals surface area contributed by atoms with Crippen LogP contribution in [0.3, 0.4) is 0 Å². The molecule has 0 saturated heterocycles. The molecule has 0 aromatic rings. The lowest BCUT2D eigenvalue weighted by molar-refractivity contribution is -0.0862. The molecule has 0 aliphatic heterocycles. The summed E-state index contributed by atoms with van der Waals surface area (Å²) >= 11 is 0. The Morgan fingerprint density at radius 1 is 1.60 bits per heavy atom. The highest BCUT2D eigenvalue weighted by Gasteiger charge is 2.40. The molecule has 3 N–H and O–H groups in total. The van der Waals surface area contributed by atoms with Gasteiger partial charge in [0, 0.05) is 6.61 Å². The van der Waals surface area contributed by atoms with E-state index in [1.54, 1.807) is 0 Å². The van der Waals surface area contributed by atoms with E-state index >= 15 is 0 Å². The van der Waals surface area contributed by atoms with Gasteiger partial charge in [-0.1, -0.05) is 13.0 Å². The molecule has 0 aromatic heterocycles. The molecular weight excluding hydrogens is 188 g/mol. The zero-order valence-electron chi connectivity index (χ0n) is 9.96. The Kier molecular flexibility index (Phi) is 4.77. The standard InChI is InChI=1S/C12H24N2O/c1-4-11(14-13)12(15-5-2)8-6-10(3)7-9-12/h4,10-11,14H,1,5-9,13H2,2-3H3. The third-order valence-corrected chi connectivity index (χ3v) is 3.53. The Morgan fingerprint density at radius 3 is 2.60 bits per heavy atom. The molecule has 3 heteroatoms. The third-order valence-electron chi connectivity index (χ3n) is 3.53. The minimum absolute atomic E-state index is 0.0601. The number of rotatable bonds is 5. The zero-order chi connectivity index (χ0) is 11.3. The van der Waals surface area contributed by atoms with E-state index in [4.69, 9.17) is 10.6 Å². The molecule has 0 aromatic carbocycles. The van der Waals surface area contributed by atoms with E-state index in [1.165, 1.54) is 12.8 Å². The van der Waals surface area contributed by atoms with Gasteiger partial charge in [-0.3, -0.25) is 11.3 Å². The van der Waals surface area contributed by atoms with E-state index in [0.29, 0.717) is 0 Å². The first-order valence-corrected chi connectivity index (χ1v) is 5.91. The molecule has 1 saturated carbocycles. The first kappa shape index (κ1) is 12.7. The second kappa shape index (κ2) is 5.64. The molecule has 1 aliphatic carbocycles. The fraction of sp³-hybridized carbons (Fsp3) is 0.833. The maximum Gasteiger partial charge on any atom is 0.0883 e. The van der Waals surface area contributed by atoms with E-state index in [0.717, 1.165) is 25.4 Å². The van der Waals surface area contributed by atoms with E-state index < -0.39 is 0 Å². The number of nitrogens with two attached hydrogens (primary N) is 1. The lowest BCUT2D eigenvalue weighted by Gasteiger charge is -2.43. The highest BCUT2D eigenvalue weighted by molar-refractivity contribution is 5.03. The molecule has 0 amide bonds. The van der Waals surface area contributed by atoms with Crippen molar-refractivity contribution >= 4 is 0 Å². The van der Waals surface area contributed by atoms with Gasteiger partial charge in [0.1, 0.15) is 0 Å². The van der Waals surface area contributed by atoms with Crippen molar-refractivity contribution in [3.8, 4) is 0 Å². The summed E-state index contributed by atoms with van der Waals surface area (Å²) in [5.41, 5.74) is 2.69. The normalized spacial score (nSPS) is 33.7. The van der Waals surface area contributed by atoms with Gasteiger partial charge in [0.25, 0.3) is 0 Å². The lowest BCUT2D eigenvalue weighted by atomic mass is 9.75. The minimum atomic E-state index is -0.127. The molecule has 0 heterocycles. The lowest BCUT2D eigenvalue weighted by Crippen LogP contribution is -2.55. The van der Waals surface area contributed by atoms with Crippen molar-refractivity contribution < 1.29 is 4.74 Å². The van der Waals surface area contributed by atoms with Crippen LogP contribution >= 0.6 is 0 Å². The number of nitrogens with one attached hydrogen (secondary N) is 1. The van der Waals surface area contributed by atoms with Crippen molar-refractivity contribution in [1.29, 1.82) is 0 Å². The molecule has 1 aliphatic rings. The Bertz CT molecular complexity index is 198. The molecule has 1 atom stereocenters. The number of ether oxygens (including phenoxy) is 1. The van der Waals surface area contributed by atoms with Crippen LogP contribution in [0.25, 0.3) is 0 Å². The summed E-state index contributed by atoms with van der Waals surface area (Å²) < 4.78 is 5.95. The average molecular weight is 212 g/mol. The van der Waals surface area contributed by atoms with Crippen LogP contribution in [0.15, 0.2) is 12.7 Å². The Morgan fingerprint density at radius 2 is 2.20 bits per heavy atom. The minimum Gasteiger partial charge on any atom is -0.373 e. The first-order chi connectivity index (χ1) is 7.18. The summed E-state index contributed by atoms with van der Waals surface area (Å²) in [6.07, 6.45) is 6.44. The van der Waals surface area contributed by atoms with Gasteiger partial charge in [-0.2, -0.15) is 0 Å². The van der Waals surface area contributed by atoms with E-state index in [1.807, 2.05) is 13.0 Å². The van der Waals surface area contributed by atoms with Crippen LogP contribution in [0, 0.1) is 5.92 Å². The topological polar surface area (TPSA) is 47.3 Å². The number of hydrazine groups is 1. The fourth-order valence-electron chi connectivity index (χ4n) is 2.52. The van der Waals surface area contributed by atoms with Crippen molar-refractivity contribution in [1.82, 2.24) is 5.43 Å². The summed E-state index contributed by atoms with van der Waals surface area (Å²) in [5, 5.41) is 0. The van der Waals surface area contributed by atoms with Crippen LogP contribution in [-0.2, 0) is 4.74 Å². The van der Waals surface area contributed by atoms with Crippen molar-refractivity contribution in [2.45, 2.75) is 51.2 Å². The zero-order valence-corrected chi connectivity index (χ0v) is 9.96. The Labute approximate surface area is 93.0 Å². The highest BCUT2D eigenvalue weighted by atomic mass is 16.5.